The van der Waals surface area contributed by atoms with Crippen LogP contribution >= 0.6 is 22.9 Å². The highest BCUT2D eigenvalue weighted by atomic mass is 35.5. The number of aromatic nitrogens is 3. The molecule has 1 N–H and O–H groups in total. The Hall–Kier alpha value is -2.45. The van der Waals surface area contributed by atoms with Gasteiger partial charge >= 0.3 is 6.03 Å². The van der Waals surface area contributed by atoms with E-state index >= 15 is 0 Å². The average Bonchev–Trinajstić information content (AvgIpc) is 3.36. The molecule has 1 aromatic carbocycles. The van der Waals surface area contributed by atoms with Gasteiger partial charge < -0.3 is 10.2 Å². The van der Waals surface area contributed by atoms with E-state index in [2.05, 4.69) is 15.3 Å². The Balaban J connectivity index is 1.56. The summed E-state index contributed by atoms with van der Waals surface area (Å²) >= 11 is 7.58. The third-order valence-corrected chi connectivity index (χ3v) is 6.67. The summed E-state index contributed by atoms with van der Waals surface area (Å²) < 4.78 is 1.55. The first-order valence-electron chi connectivity index (χ1n) is 9.63. The van der Waals surface area contributed by atoms with Crippen LogP contribution in [0.4, 0.5) is 4.79 Å². The topological polar surface area (TPSA) is 80.1 Å². The summed E-state index contributed by atoms with van der Waals surface area (Å²) in [7, 11) is 1.72. The SMILES string of the molecule is CCc1nc2sc(C3CCCN3C(=O)NCc3ccccc3Cl)nc2c(=O)n1C. The average molecular weight is 432 g/mol. The van der Waals surface area contributed by atoms with Gasteiger partial charge in [-0.2, -0.15) is 0 Å². The number of urea groups is 1. The molecule has 3 aromatic rings. The molecule has 0 aliphatic carbocycles. The van der Waals surface area contributed by atoms with E-state index in [1.165, 1.54) is 11.3 Å². The van der Waals surface area contributed by atoms with Crippen LogP contribution in [0.2, 0.25) is 5.02 Å². The molecule has 9 heteroatoms. The zero-order valence-corrected chi connectivity index (χ0v) is 17.9. The van der Waals surface area contributed by atoms with Crippen LogP contribution in [0.1, 0.15) is 42.2 Å². The Morgan fingerprint density at radius 1 is 1.34 bits per heavy atom. The molecule has 2 amide bonds. The molecule has 3 heterocycles. The van der Waals surface area contributed by atoms with E-state index < -0.39 is 0 Å². The van der Waals surface area contributed by atoms with Crippen molar-refractivity contribution in [3.8, 4) is 0 Å². The molecule has 0 saturated carbocycles. The van der Waals surface area contributed by atoms with E-state index in [4.69, 9.17) is 11.6 Å². The zero-order chi connectivity index (χ0) is 20.5. The number of likely N-dealkylation sites (tertiary alicyclic amines) is 1. The predicted molar refractivity (Wildman–Crippen MR) is 114 cm³/mol. The van der Waals surface area contributed by atoms with Gasteiger partial charge in [-0.25, -0.2) is 14.8 Å². The molecule has 0 bridgehead atoms. The summed E-state index contributed by atoms with van der Waals surface area (Å²) in [6, 6.07) is 7.16. The number of nitrogens with one attached hydrogen (secondary N) is 1. The van der Waals surface area contributed by atoms with E-state index in [1.807, 2.05) is 25.1 Å². The maximum absolute atomic E-state index is 12.8. The minimum atomic E-state index is -0.151. The lowest BCUT2D eigenvalue weighted by Crippen LogP contribution is -2.39. The molecule has 1 unspecified atom stereocenters. The highest BCUT2D eigenvalue weighted by molar-refractivity contribution is 7.18. The van der Waals surface area contributed by atoms with Crippen LogP contribution in [-0.4, -0.2) is 32.0 Å². The summed E-state index contributed by atoms with van der Waals surface area (Å²) in [6.45, 7) is 2.99. The predicted octanol–water partition coefficient (Wildman–Crippen LogP) is 3.65. The largest absolute Gasteiger partial charge is 0.334 e. The number of aryl methyl sites for hydroxylation is 1. The first kappa shape index (κ1) is 19.8. The van der Waals surface area contributed by atoms with E-state index in [1.54, 1.807) is 22.6 Å². The van der Waals surface area contributed by atoms with Gasteiger partial charge in [0.2, 0.25) is 0 Å². The summed E-state index contributed by atoms with van der Waals surface area (Å²) in [5.74, 6) is 0.735. The number of halogens is 1. The van der Waals surface area contributed by atoms with Crippen LogP contribution in [0.25, 0.3) is 10.3 Å². The minimum Gasteiger partial charge on any atom is -0.334 e. The van der Waals surface area contributed by atoms with E-state index in [0.29, 0.717) is 34.9 Å². The summed E-state index contributed by atoms with van der Waals surface area (Å²) in [4.78, 5) is 37.0. The fourth-order valence-electron chi connectivity index (χ4n) is 3.65. The minimum absolute atomic E-state index is 0.137. The number of thiazole rings is 1. The van der Waals surface area contributed by atoms with Gasteiger partial charge in [0.25, 0.3) is 5.56 Å². The molecule has 1 fully saturated rings. The fourth-order valence-corrected chi connectivity index (χ4v) is 4.95. The molecule has 1 atom stereocenters. The maximum atomic E-state index is 12.8. The Kier molecular flexibility index (Phi) is 5.56. The molecule has 1 aliphatic rings. The van der Waals surface area contributed by atoms with Crippen LogP contribution < -0.4 is 10.9 Å². The van der Waals surface area contributed by atoms with Gasteiger partial charge in [-0.05, 0) is 24.5 Å². The molecule has 1 aliphatic heterocycles. The number of nitrogens with zero attached hydrogens (tertiary/aromatic N) is 4. The summed E-state index contributed by atoms with van der Waals surface area (Å²) in [5.41, 5.74) is 1.12. The number of benzene rings is 1. The number of hydrogen-bond donors (Lipinski definition) is 1. The molecular weight excluding hydrogens is 410 g/mol. The lowest BCUT2D eigenvalue weighted by atomic mass is 10.2. The van der Waals surface area contributed by atoms with Crippen molar-refractivity contribution in [2.45, 2.75) is 38.8 Å². The van der Waals surface area contributed by atoms with E-state index in [-0.39, 0.29) is 17.6 Å². The first-order chi connectivity index (χ1) is 14.0. The van der Waals surface area contributed by atoms with Gasteiger partial charge in [0.1, 0.15) is 10.8 Å². The Bertz CT molecular complexity index is 1130. The molecule has 4 rings (SSSR count). The zero-order valence-electron chi connectivity index (χ0n) is 16.3. The number of amides is 2. The molecule has 1 saturated heterocycles. The standard InChI is InChI=1S/C20H22ClN5O2S/c1-3-15-23-18-16(19(27)25(15)2)24-17(29-18)14-9-6-10-26(14)20(28)22-11-12-7-4-5-8-13(12)21/h4-5,7-8,14H,3,6,9-11H2,1-2H3,(H,22,28). The number of carbonyl (C=O) groups excluding carboxylic acids is 1. The molecule has 2 aromatic heterocycles. The number of rotatable bonds is 4. The fraction of sp³-hybridized carbons (Fsp3) is 0.400. The van der Waals surface area contributed by atoms with Crippen LogP contribution in [0.5, 0.6) is 0 Å². The van der Waals surface area contributed by atoms with Crippen molar-refractivity contribution in [1.82, 2.24) is 24.8 Å². The lowest BCUT2D eigenvalue weighted by Gasteiger charge is -2.23. The van der Waals surface area contributed by atoms with Crippen molar-refractivity contribution >= 4 is 39.3 Å². The van der Waals surface area contributed by atoms with Gasteiger partial charge in [-0.15, -0.1) is 0 Å². The second kappa shape index (κ2) is 8.12. The highest BCUT2D eigenvalue weighted by Gasteiger charge is 2.33. The van der Waals surface area contributed by atoms with Gasteiger partial charge in [-0.1, -0.05) is 48.1 Å². The van der Waals surface area contributed by atoms with Crippen LogP contribution in [0.15, 0.2) is 29.1 Å². The van der Waals surface area contributed by atoms with Gasteiger partial charge in [0.15, 0.2) is 10.3 Å². The van der Waals surface area contributed by atoms with Gasteiger partial charge in [0, 0.05) is 31.6 Å². The van der Waals surface area contributed by atoms with E-state index in [9.17, 15) is 9.59 Å². The first-order valence-corrected chi connectivity index (χ1v) is 10.8. The Morgan fingerprint density at radius 2 is 2.14 bits per heavy atom. The third kappa shape index (κ3) is 3.74. The van der Waals surface area contributed by atoms with E-state index in [0.717, 1.165) is 29.2 Å². The van der Waals surface area contributed by atoms with Crippen LogP contribution in [0.3, 0.4) is 0 Å². The van der Waals surface area contributed by atoms with Crippen molar-refractivity contribution in [3.05, 3.63) is 56.0 Å². The molecule has 0 radical (unpaired) electrons. The van der Waals surface area contributed by atoms with Crippen LogP contribution in [-0.2, 0) is 20.0 Å². The quantitative estimate of drug-likeness (QED) is 0.683. The number of fused-ring (bicyclic) bond motifs is 1. The second-order valence-corrected chi connectivity index (χ2v) is 8.47. The second-order valence-electron chi connectivity index (χ2n) is 7.05. The van der Waals surface area contributed by atoms with Crippen molar-refractivity contribution < 1.29 is 4.79 Å². The normalized spacial score (nSPS) is 16.5. The molecule has 7 nitrogen and oxygen atoms in total. The van der Waals surface area contributed by atoms with Crippen molar-refractivity contribution in [1.29, 1.82) is 0 Å². The monoisotopic (exact) mass is 431 g/mol. The lowest BCUT2D eigenvalue weighted by molar-refractivity contribution is 0.192. The maximum Gasteiger partial charge on any atom is 0.318 e. The highest BCUT2D eigenvalue weighted by Crippen LogP contribution is 2.35. The van der Waals surface area contributed by atoms with Crippen LogP contribution in [0, 0.1) is 0 Å². The van der Waals surface area contributed by atoms with Crippen molar-refractivity contribution in [2.75, 3.05) is 6.54 Å². The Morgan fingerprint density at radius 3 is 2.90 bits per heavy atom. The smallest absolute Gasteiger partial charge is 0.318 e. The van der Waals surface area contributed by atoms with Crippen molar-refractivity contribution in [2.24, 2.45) is 7.05 Å². The van der Waals surface area contributed by atoms with Crippen molar-refractivity contribution in [3.63, 3.8) is 0 Å². The van der Waals surface area contributed by atoms with Gasteiger partial charge in [-0.3, -0.25) is 9.36 Å². The molecule has 0 spiro atoms. The molecule has 152 valence electrons. The third-order valence-electron chi connectivity index (χ3n) is 5.25. The number of hydrogen-bond acceptors (Lipinski definition) is 5. The Labute approximate surface area is 177 Å². The summed E-state index contributed by atoms with van der Waals surface area (Å²) in [5, 5.41) is 4.35. The molecular formula is C20H22ClN5O2S. The number of carbonyl (C=O) groups is 1. The van der Waals surface area contributed by atoms with Gasteiger partial charge in [0.05, 0.1) is 6.04 Å². The summed E-state index contributed by atoms with van der Waals surface area (Å²) in [6.07, 6.45) is 2.39. The molecule has 29 heavy (non-hydrogen) atoms.